The topological polar surface area (TPSA) is 40.5 Å². The van der Waals surface area contributed by atoms with Crippen LogP contribution in [0.25, 0.3) is 0 Å². The van der Waals surface area contributed by atoms with E-state index in [1.807, 2.05) is 0 Å². The molecule has 0 atom stereocenters. The normalized spacial score (nSPS) is 4.50. The fraction of sp³-hybridized carbons (Fsp3) is 0. The van der Waals surface area contributed by atoms with Gasteiger partial charge in [-0.25, -0.2) is 0 Å². The minimum atomic E-state index is -0.917. The molecule has 0 amide bonds. The average molecular weight is 106 g/mol. The van der Waals surface area contributed by atoms with Gasteiger partial charge < -0.3 is 9.79 Å². The summed E-state index contributed by atoms with van der Waals surface area (Å²) in [5.74, 6) is 0. The maximum Gasteiger partial charge on any atom is 0.149 e. The Morgan fingerprint density at radius 1 is 1.25 bits per heavy atom. The minimum Gasteiger partial charge on any atom is -0.352 e. The predicted molar refractivity (Wildman–Crippen MR) is 18.5 cm³/mol. The van der Waals surface area contributed by atoms with Crippen molar-refractivity contribution in [1.29, 1.82) is 0 Å². The molecule has 2 nitrogen and oxygen atoms in total. The van der Waals surface area contributed by atoms with Crippen molar-refractivity contribution in [2.45, 2.75) is 0 Å². The average Bonchev–Trinajstić information content (AvgIpc) is 0.918. The monoisotopic (exact) mass is 106 g/mol. The Labute approximate surface area is 56.2 Å². The Morgan fingerprint density at radius 3 is 1.25 bits per heavy atom. The number of hydrogen-bond donors (Lipinski definition) is 2. The van der Waals surface area contributed by atoms with Gasteiger partial charge in [0, 0.05) is 37.7 Å². The zero-order valence-electron chi connectivity index (χ0n) is 2.10. The van der Waals surface area contributed by atoms with Crippen LogP contribution in [0.15, 0.2) is 0 Å². The quantitative estimate of drug-likeness (QED) is 0.310. The van der Waals surface area contributed by atoms with Crippen molar-refractivity contribution in [1.82, 2.24) is 0 Å². The summed E-state index contributed by atoms with van der Waals surface area (Å²) in [6.07, 6.45) is 0. The molecule has 0 saturated carbocycles. The van der Waals surface area contributed by atoms with Gasteiger partial charge >= 0.3 is 0 Å². The second-order valence-electron chi connectivity index (χ2n) is 0.100. The van der Waals surface area contributed by atoms with Crippen molar-refractivity contribution >= 4 is 46.8 Å². The molecule has 0 unspecified atom stereocenters. The maximum absolute atomic E-state index is 7.15. The van der Waals surface area contributed by atoms with Crippen LogP contribution in [0, 0.1) is 0 Å². The molecule has 0 aliphatic rings. The first-order valence-corrected chi connectivity index (χ1v) is 1.34. The van der Waals surface area contributed by atoms with Gasteiger partial charge in [-0.3, -0.25) is 0 Å². The molecule has 2 N–H and O–H groups in total. The molecular formula is H3CaO2P. The van der Waals surface area contributed by atoms with Crippen molar-refractivity contribution in [2.75, 3.05) is 0 Å². The van der Waals surface area contributed by atoms with Crippen molar-refractivity contribution in [3.05, 3.63) is 0 Å². The van der Waals surface area contributed by atoms with Crippen LogP contribution >= 0.6 is 9.03 Å². The van der Waals surface area contributed by atoms with Crippen LogP contribution in [0.2, 0.25) is 0 Å². The van der Waals surface area contributed by atoms with Crippen molar-refractivity contribution in [3.8, 4) is 0 Å². The molecule has 0 spiro atoms. The van der Waals surface area contributed by atoms with Crippen LogP contribution in [-0.4, -0.2) is 47.5 Å². The maximum atomic E-state index is 7.15. The van der Waals surface area contributed by atoms with Gasteiger partial charge in [0.15, 0.2) is 0 Å². The first kappa shape index (κ1) is 9.15. The molecule has 0 saturated heterocycles. The van der Waals surface area contributed by atoms with E-state index in [9.17, 15) is 0 Å². The van der Waals surface area contributed by atoms with Gasteiger partial charge in [0.1, 0.15) is 9.03 Å². The fourth-order valence-corrected chi connectivity index (χ4v) is 0. The Morgan fingerprint density at radius 2 is 1.25 bits per heavy atom. The van der Waals surface area contributed by atoms with Crippen molar-refractivity contribution < 1.29 is 9.79 Å². The SMILES string of the molecule is OPO.[Ca]. The van der Waals surface area contributed by atoms with Gasteiger partial charge in [0.05, 0.1) is 0 Å². The van der Waals surface area contributed by atoms with Gasteiger partial charge in [-0.15, -0.1) is 0 Å². The fourth-order valence-electron chi connectivity index (χ4n) is 0. The second kappa shape index (κ2) is 8.82. The van der Waals surface area contributed by atoms with E-state index < -0.39 is 9.03 Å². The number of hydrogen-bond acceptors (Lipinski definition) is 2. The second-order valence-corrected chi connectivity index (χ2v) is 0.300. The molecule has 0 heterocycles. The number of rotatable bonds is 0. The van der Waals surface area contributed by atoms with Gasteiger partial charge in [-0.1, -0.05) is 0 Å². The Bertz CT molecular complexity index is 6.00. The molecule has 0 aromatic carbocycles. The van der Waals surface area contributed by atoms with E-state index >= 15 is 0 Å². The Hall–Kier alpha value is 1.61. The molecule has 0 fully saturated rings. The molecule has 0 aromatic rings. The molecule has 0 aromatic heterocycles. The van der Waals surface area contributed by atoms with Crippen molar-refractivity contribution in [2.24, 2.45) is 0 Å². The molecule has 4 heavy (non-hydrogen) atoms. The summed E-state index contributed by atoms with van der Waals surface area (Å²) < 4.78 is 0. The zero-order valence-corrected chi connectivity index (χ0v) is 5.31. The van der Waals surface area contributed by atoms with E-state index in [4.69, 9.17) is 9.79 Å². The summed E-state index contributed by atoms with van der Waals surface area (Å²) in [7, 11) is -0.917. The third kappa shape index (κ3) is 9.49. The largest absolute Gasteiger partial charge is 0.352 e. The molecule has 22 valence electrons. The van der Waals surface area contributed by atoms with Crippen LogP contribution < -0.4 is 0 Å². The van der Waals surface area contributed by atoms with Gasteiger partial charge in [0.2, 0.25) is 0 Å². The predicted octanol–water partition coefficient (Wildman–Crippen LogP) is -0.901. The Balaban J connectivity index is 0. The van der Waals surface area contributed by atoms with Gasteiger partial charge in [-0.05, 0) is 0 Å². The van der Waals surface area contributed by atoms with Crippen LogP contribution in [-0.2, 0) is 0 Å². The molecular weight excluding hydrogens is 103 g/mol. The van der Waals surface area contributed by atoms with Crippen LogP contribution in [0.3, 0.4) is 0 Å². The minimum absolute atomic E-state index is 0. The Kier molecular flexibility index (Phi) is 20.2. The summed E-state index contributed by atoms with van der Waals surface area (Å²) in [5.41, 5.74) is 0. The first-order chi connectivity index (χ1) is 1.41. The molecule has 0 aliphatic heterocycles. The molecule has 2 radical (unpaired) electrons. The van der Waals surface area contributed by atoms with Crippen molar-refractivity contribution in [3.63, 3.8) is 0 Å². The smallest absolute Gasteiger partial charge is 0.149 e. The van der Waals surface area contributed by atoms with Gasteiger partial charge in [0.25, 0.3) is 0 Å². The summed E-state index contributed by atoms with van der Waals surface area (Å²) in [6, 6.07) is 0. The molecule has 4 heteroatoms. The van der Waals surface area contributed by atoms with Crippen LogP contribution in [0.5, 0.6) is 0 Å². The standard InChI is InChI=1S/Ca.H3O2P/c;1-3-2/h;1-3H. The van der Waals surface area contributed by atoms with E-state index in [2.05, 4.69) is 0 Å². The summed E-state index contributed by atoms with van der Waals surface area (Å²) in [5, 5.41) is 0. The summed E-state index contributed by atoms with van der Waals surface area (Å²) in [6.45, 7) is 0. The van der Waals surface area contributed by atoms with Gasteiger partial charge in [-0.2, -0.15) is 0 Å². The van der Waals surface area contributed by atoms with E-state index in [1.54, 1.807) is 0 Å². The van der Waals surface area contributed by atoms with Crippen LogP contribution in [0.4, 0.5) is 0 Å². The van der Waals surface area contributed by atoms with E-state index in [0.29, 0.717) is 0 Å². The first-order valence-electron chi connectivity index (χ1n) is 0.447. The summed E-state index contributed by atoms with van der Waals surface area (Å²) >= 11 is 0. The van der Waals surface area contributed by atoms with E-state index in [1.165, 1.54) is 0 Å². The van der Waals surface area contributed by atoms with Crippen LogP contribution in [0.1, 0.15) is 0 Å². The third-order valence-electron chi connectivity index (χ3n) is 0. The summed E-state index contributed by atoms with van der Waals surface area (Å²) in [4.78, 5) is 14.3. The molecule has 0 rings (SSSR count). The molecule has 0 bridgehead atoms. The van der Waals surface area contributed by atoms with E-state index in [0.717, 1.165) is 0 Å². The third-order valence-corrected chi connectivity index (χ3v) is 0. The zero-order chi connectivity index (χ0) is 2.71. The molecule has 0 aliphatic carbocycles. The van der Waals surface area contributed by atoms with E-state index in [-0.39, 0.29) is 37.7 Å².